The molecule has 0 unspecified atom stereocenters. The highest BCUT2D eigenvalue weighted by Crippen LogP contribution is 2.60. The molecule has 2 amide bonds. The summed E-state index contributed by atoms with van der Waals surface area (Å²) in [6, 6.07) is 6.85. The second-order valence-corrected chi connectivity index (χ2v) is 13.1. The normalized spacial score (nSPS) is 31.1. The van der Waals surface area contributed by atoms with Crippen LogP contribution >= 0.6 is 0 Å². The third-order valence-electron chi connectivity index (χ3n) is 8.60. The van der Waals surface area contributed by atoms with Gasteiger partial charge in [0.2, 0.25) is 21.8 Å². The Hall–Kier alpha value is -1.93. The van der Waals surface area contributed by atoms with Crippen LogP contribution in [-0.2, 0) is 26.0 Å². The predicted octanol–water partition coefficient (Wildman–Crippen LogP) is 3.55. The van der Waals surface area contributed by atoms with Crippen LogP contribution in [0.2, 0.25) is 0 Å². The van der Waals surface area contributed by atoms with Crippen molar-refractivity contribution in [2.24, 2.45) is 23.2 Å². The van der Waals surface area contributed by atoms with Crippen LogP contribution in [0, 0.1) is 23.2 Å². The van der Waals surface area contributed by atoms with Gasteiger partial charge in [0.1, 0.15) is 0 Å². The molecule has 34 heavy (non-hydrogen) atoms. The lowest BCUT2D eigenvalue weighted by molar-refractivity contribution is -0.148. The zero-order valence-corrected chi connectivity index (χ0v) is 20.7. The summed E-state index contributed by atoms with van der Waals surface area (Å²) in [4.78, 5) is 25.7. The molecule has 6 rings (SSSR count). The molecule has 5 aliphatic rings. The van der Waals surface area contributed by atoms with Crippen LogP contribution in [-0.4, -0.2) is 37.6 Å². The van der Waals surface area contributed by atoms with Gasteiger partial charge in [-0.15, -0.1) is 0 Å². The topological polar surface area (TPSA) is 95.6 Å². The van der Waals surface area contributed by atoms with Gasteiger partial charge in [-0.05, 0) is 93.2 Å². The van der Waals surface area contributed by atoms with E-state index in [1.165, 1.54) is 19.3 Å². The summed E-state index contributed by atoms with van der Waals surface area (Å²) < 4.78 is 27.4. The molecule has 1 aromatic rings. The monoisotopic (exact) mass is 487 g/mol. The molecule has 0 radical (unpaired) electrons. The molecule has 7 nitrogen and oxygen atoms in total. The van der Waals surface area contributed by atoms with Crippen molar-refractivity contribution in [1.82, 2.24) is 15.2 Å². The van der Waals surface area contributed by atoms with E-state index in [0.29, 0.717) is 42.2 Å². The van der Waals surface area contributed by atoms with Crippen LogP contribution in [0.5, 0.6) is 0 Å². The maximum Gasteiger partial charge on any atom is 0.244 e. The van der Waals surface area contributed by atoms with E-state index in [1.807, 2.05) is 0 Å². The first-order valence-electron chi connectivity index (χ1n) is 13.0. The summed E-state index contributed by atoms with van der Waals surface area (Å²) in [6.45, 7) is 1.17. The third-order valence-corrected chi connectivity index (χ3v) is 10.5. The summed E-state index contributed by atoms with van der Waals surface area (Å²) in [7, 11) is -3.46. The fourth-order valence-electron chi connectivity index (χ4n) is 7.23. The first kappa shape index (κ1) is 23.8. The summed E-state index contributed by atoms with van der Waals surface area (Å²) in [5, 5.41) is 0. The lowest BCUT2D eigenvalue weighted by Gasteiger charge is -2.55. The maximum atomic E-state index is 13.0. The van der Waals surface area contributed by atoms with Gasteiger partial charge in [0.05, 0.1) is 10.3 Å². The maximum absolute atomic E-state index is 13.0. The highest BCUT2D eigenvalue weighted by molar-refractivity contribution is 7.89. The summed E-state index contributed by atoms with van der Waals surface area (Å²) in [5.41, 5.74) is 5.96. The van der Waals surface area contributed by atoms with Crippen molar-refractivity contribution < 1.29 is 18.0 Å². The largest absolute Gasteiger partial charge is 0.273 e. The van der Waals surface area contributed by atoms with Crippen molar-refractivity contribution in [2.75, 3.05) is 13.1 Å². The molecule has 4 aliphatic carbocycles. The smallest absolute Gasteiger partial charge is 0.244 e. The molecule has 0 atom stereocenters. The Balaban J connectivity index is 1.10. The number of carbonyl (C=O) groups excluding carboxylic acids is 2. The molecule has 0 spiro atoms. The average molecular weight is 488 g/mol. The van der Waals surface area contributed by atoms with Crippen LogP contribution in [0.4, 0.5) is 0 Å². The van der Waals surface area contributed by atoms with Crippen molar-refractivity contribution in [3.05, 3.63) is 29.8 Å². The van der Waals surface area contributed by atoms with Gasteiger partial charge in [-0.1, -0.05) is 25.0 Å². The van der Waals surface area contributed by atoms with Gasteiger partial charge < -0.3 is 0 Å². The van der Waals surface area contributed by atoms with E-state index in [9.17, 15) is 18.0 Å². The fraction of sp³-hybridized carbons (Fsp3) is 0.692. The number of hydrazine groups is 1. The lowest BCUT2D eigenvalue weighted by Crippen LogP contribution is -2.56. The summed E-state index contributed by atoms with van der Waals surface area (Å²) >= 11 is 0. The molecule has 5 fully saturated rings. The van der Waals surface area contributed by atoms with E-state index in [0.717, 1.165) is 50.5 Å². The molecule has 1 aliphatic heterocycles. The van der Waals surface area contributed by atoms with E-state index < -0.39 is 10.0 Å². The van der Waals surface area contributed by atoms with E-state index >= 15 is 0 Å². The number of nitrogens with one attached hydrogen (secondary N) is 2. The van der Waals surface area contributed by atoms with Crippen molar-refractivity contribution in [1.29, 1.82) is 0 Å². The average Bonchev–Trinajstić information content (AvgIpc) is 3.11. The Morgan fingerprint density at radius 3 is 1.97 bits per heavy atom. The van der Waals surface area contributed by atoms with Crippen LogP contribution < -0.4 is 10.9 Å². The molecule has 8 heteroatoms. The number of benzene rings is 1. The molecule has 2 N–H and O–H groups in total. The molecule has 1 heterocycles. The Labute approximate surface area is 203 Å². The van der Waals surface area contributed by atoms with Gasteiger partial charge in [-0.3, -0.25) is 20.4 Å². The van der Waals surface area contributed by atoms with E-state index in [1.54, 1.807) is 28.6 Å². The number of aryl methyl sites for hydroxylation is 1. The van der Waals surface area contributed by atoms with E-state index in [2.05, 4.69) is 10.9 Å². The number of carbonyl (C=O) groups is 2. The van der Waals surface area contributed by atoms with Crippen molar-refractivity contribution in [3.8, 4) is 0 Å². The minimum Gasteiger partial charge on any atom is -0.273 e. The van der Waals surface area contributed by atoms with Crippen molar-refractivity contribution in [3.63, 3.8) is 0 Å². The molecule has 186 valence electrons. The third kappa shape index (κ3) is 4.89. The van der Waals surface area contributed by atoms with Gasteiger partial charge in [0, 0.05) is 19.5 Å². The standard InChI is InChI=1S/C26H37N3O4S/c30-24(27-28-25(31)26-16-20-13-21(17-26)15-22(14-20)18-26)10-7-19-5-8-23(9-6-19)34(32,33)29-11-3-1-2-4-12-29/h5-6,8-9,20-22H,1-4,7,10-18H2,(H,27,30)(H,28,31). The lowest BCUT2D eigenvalue weighted by atomic mass is 9.49. The molecule has 0 aromatic heterocycles. The molecular formula is C26H37N3O4S. The number of nitrogens with zero attached hydrogens (tertiary/aromatic N) is 1. The van der Waals surface area contributed by atoms with E-state index in [4.69, 9.17) is 0 Å². The minimum atomic E-state index is -3.46. The Morgan fingerprint density at radius 1 is 0.853 bits per heavy atom. The number of hydrogen-bond donors (Lipinski definition) is 2. The van der Waals surface area contributed by atoms with Crippen molar-refractivity contribution in [2.45, 2.75) is 81.9 Å². The quantitative estimate of drug-likeness (QED) is 0.600. The van der Waals surface area contributed by atoms with Crippen molar-refractivity contribution >= 4 is 21.8 Å². The summed E-state index contributed by atoms with van der Waals surface area (Å²) in [6.07, 6.45) is 11.4. The minimum absolute atomic E-state index is 0.0111. The van der Waals surface area contributed by atoms with Gasteiger partial charge in [0.15, 0.2) is 0 Å². The second kappa shape index (κ2) is 9.61. The zero-order chi connectivity index (χ0) is 23.8. The van der Waals surface area contributed by atoms with E-state index in [-0.39, 0.29) is 23.7 Å². The summed E-state index contributed by atoms with van der Waals surface area (Å²) in [5.74, 6) is 1.80. The zero-order valence-electron chi connectivity index (χ0n) is 19.9. The second-order valence-electron chi connectivity index (χ2n) is 11.2. The molecular weight excluding hydrogens is 450 g/mol. The Morgan fingerprint density at radius 2 is 1.41 bits per heavy atom. The molecule has 1 aromatic carbocycles. The Kier molecular flexibility index (Phi) is 6.73. The van der Waals surface area contributed by atoms with Gasteiger partial charge in [-0.2, -0.15) is 4.31 Å². The van der Waals surface area contributed by atoms with Crippen LogP contribution in [0.25, 0.3) is 0 Å². The highest BCUT2D eigenvalue weighted by atomic mass is 32.2. The highest BCUT2D eigenvalue weighted by Gasteiger charge is 2.54. The fourth-order valence-corrected chi connectivity index (χ4v) is 8.74. The molecule has 4 bridgehead atoms. The SMILES string of the molecule is O=C(CCc1ccc(S(=O)(=O)N2CCCCCC2)cc1)NNC(=O)C12CC3CC(CC(C3)C1)C2. The Bertz CT molecular complexity index is 978. The van der Waals surface area contributed by atoms with Crippen LogP contribution in [0.15, 0.2) is 29.2 Å². The first-order chi connectivity index (χ1) is 16.3. The van der Waals surface area contributed by atoms with Crippen LogP contribution in [0.1, 0.15) is 76.2 Å². The van der Waals surface area contributed by atoms with Crippen LogP contribution in [0.3, 0.4) is 0 Å². The number of amides is 2. The number of rotatable bonds is 6. The van der Waals surface area contributed by atoms with Gasteiger partial charge in [0.25, 0.3) is 0 Å². The van der Waals surface area contributed by atoms with Gasteiger partial charge in [-0.25, -0.2) is 8.42 Å². The molecule has 4 saturated carbocycles. The number of sulfonamides is 1. The first-order valence-corrected chi connectivity index (χ1v) is 14.5. The number of hydrogen-bond acceptors (Lipinski definition) is 4. The predicted molar refractivity (Wildman–Crippen MR) is 129 cm³/mol. The molecule has 1 saturated heterocycles. The van der Waals surface area contributed by atoms with Gasteiger partial charge >= 0.3 is 0 Å².